The molecule has 0 radical (unpaired) electrons. The summed E-state index contributed by atoms with van der Waals surface area (Å²) >= 11 is 0. The van der Waals surface area contributed by atoms with Crippen LogP contribution in [0.2, 0.25) is 0 Å². The Morgan fingerprint density at radius 1 is 0.971 bits per heavy atom. The van der Waals surface area contributed by atoms with E-state index in [1.54, 1.807) is 36.2 Å². The third-order valence-corrected chi connectivity index (χ3v) is 6.66. The van der Waals surface area contributed by atoms with Gasteiger partial charge < -0.3 is 28.9 Å². The fraction of sp³-hybridized carbons (Fsp3) is 0.462. The van der Waals surface area contributed by atoms with Gasteiger partial charge in [-0.2, -0.15) is 0 Å². The molecule has 0 saturated carbocycles. The average Bonchev–Trinajstić information content (AvgIpc) is 3.35. The van der Waals surface area contributed by atoms with Gasteiger partial charge in [0.2, 0.25) is 0 Å². The summed E-state index contributed by atoms with van der Waals surface area (Å²) in [6, 6.07) is 15.2. The Hall–Kier alpha value is -3.42. The molecule has 2 aromatic carbocycles. The van der Waals surface area contributed by atoms with E-state index >= 15 is 0 Å². The first kappa shape index (κ1) is 23.7. The summed E-state index contributed by atoms with van der Waals surface area (Å²) in [7, 11) is 3.21. The molecule has 0 spiro atoms. The second kappa shape index (κ2) is 10.7. The van der Waals surface area contributed by atoms with Crippen LogP contribution in [0.3, 0.4) is 0 Å². The number of hydrogen-bond acceptors (Lipinski definition) is 6. The molecule has 182 valence electrons. The van der Waals surface area contributed by atoms with E-state index < -0.39 is 0 Å². The number of methoxy groups -OCH3 is 2. The normalized spacial score (nSPS) is 20.3. The van der Waals surface area contributed by atoms with Crippen molar-refractivity contribution in [1.29, 1.82) is 0 Å². The van der Waals surface area contributed by atoms with Crippen LogP contribution in [0.15, 0.2) is 48.5 Å². The lowest BCUT2D eigenvalue weighted by molar-refractivity contribution is 0.0548. The number of para-hydroxylation sites is 1. The Kier molecular flexibility index (Phi) is 7.45. The molecule has 2 aliphatic heterocycles. The highest BCUT2D eigenvalue weighted by Gasteiger charge is 2.33. The van der Waals surface area contributed by atoms with Gasteiger partial charge in [-0.3, -0.25) is 4.79 Å². The van der Waals surface area contributed by atoms with Crippen LogP contribution in [0.4, 0.5) is 10.5 Å². The molecule has 2 aliphatic rings. The maximum Gasteiger partial charge on any atom is 0.409 e. The van der Waals surface area contributed by atoms with Crippen LogP contribution in [-0.4, -0.2) is 80.9 Å². The van der Waals surface area contributed by atoms with Crippen LogP contribution >= 0.6 is 0 Å². The van der Waals surface area contributed by atoms with Crippen molar-refractivity contribution >= 4 is 17.7 Å². The minimum Gasteiger partial charge on any atom is -0.497 e. The van der Waals surface area contributed by atoms with Crippen molar-refractivity contribution in [2.75, 3.05) is 51.9 Å². The molecule has 8 heteroatoms. The Morgan fingerprint density at radius 2 is 1.74 bits per heavy atom. The second-order valence-electron chi connectivity index (χ2n) is 8.76. The van der Waals surface area contributed by atoms with Crippen molar-refractivity contribution in [1.82, 2.24) is 9.80 Å². The van der Waals surface area contributed by atoms with Gasteiger partial charge in [0.15, 0.2) is 0 Å². The van der Waals surface area contributed by atoms with E-state index in [1.165, 1.54) is 0 Å². The van der Waals surface area contributed by atoms with E-state index in [2.05, 4.69) is 11.8 Å². The maximum atomic E-state index is 13.1. The van der Waals surface area contributed by atoms with E-state index in [0.29, 0.717) is 30.9 Å². The zero-order valence-electron chi connectivity index (χ0n) is 20.1. The third-order valence-electron chi connectivity index (χ3n) is 6.66. The van der Waals surface area contributed by atoms with Gasteiger partial charge in [0.05, 0.1) is 25.8 Å². The highest BCUT2D eigenvalue weighted by molar-refractivity contribution is 5.97. The zero-order chi connectivity index (χ0) is 24.1. The van der Waals surface area contributed by atoms with Crippen LogP contribution in [0.1, 0.15) is 30.1 Å². The monoisotopic (exact) mass is 467 g/mol. The van der Waals surface area contributed by atoms with Gasteiger partial charge in [-0.1, -0.05) is 12.1 Å². The molecule has 2 saturated heterocycles. The minimum atomic E-state index is -0.321. The van der Waals surface area contributed by atoms with Gasteiger partial charge in [-0.25, -0.2) is 4.79 Å². The number of benzene rings is 2. The van der Waals surface area contributed by atoms with Crippen molar-refractivity contribution in [3.63, 3.8) is 0 Å². The number of nitrogens with zero attached hydrogens (tertiary/aromatic N) is 3. The standard InChI is InChI=1S/C26H33N3O5/c1-19-17-27(15-16-28(19)20-10-12-22(32-2)13-11-20)26(31)34-18-21-7-6-14-29(21)25(30)23-8-4-5-9-24(23)33-3/h4-5,8-13,19,21H,6-7,14-18H2,1-3H3. The van der Waals surface area contributed by atoms with Gasteiger partial charge >= 0.3 is 6.09 Å². The summed E-state index contributed by atoms with van der Waals surface area (Å²) in [5.74, 6) is 1.29. The number of carbonyl (C=O) groups is 2. The van der Waals surface area contributed by atoms with Gasteiger partial charge in [0, 0.05) is 37.9 Å². The summed E-state index contributed by atoms with van der Waals surface area (Å²) in [5, 5.41) is 0. The van der Waals surface area contributed by atoms with Gasteiger partial charge in [0.25, 0.3) is 5.91 Å². The van der Waals surface area contributed by atoms with Gasteiger partial charge in [-0.15, -0.1) is 0 Å². The number of carbonyl (C=O) groups excluding carboxylic acids is 2. The largest absolute Gasteiger partial charge is 0.497 e. The maximum absolute atomic E-state index is 13.1. The zero-order valence-corrected chi connectivity index (χ0v) is 20.1. The molecule has 2 aromatic rings. The van der Waals surface area contributed by atoms with Crippen LogP contribution in [0.5, 0.6) is 11.5 Å². The molecule has 2 atom stereocenters. The number of rotatable bonds is 6. The molecule has 0 bridgehead atoms. The number of anilines is 1. The van der Waals surface area contributed by atoms with E-state index in [-0.39, 0.29) is 30.7 Å². The van der Waals surface area contributed by atoms with Gasteiger partial charge in [0.1, 0.15) is 18.1 Å². The molecule has 34 heavy (non-hydrogen) atoms. The first-order valence-electron chi connectivity index (χ1n) is 11.8. The van der Waals surface area contributed by atoms with Crippen molar-refractivity contribution in [3.05, 3.63) is 54.1 Å². The molecule has 2 unspecified atom stereocenters. The lowest BCUT2D eigenvalue weighted by atomic mass is 10.1. The minimum absolute atomic E-state index is 0.0854. The van der Waals surface area contributed by atoms with E-state index in [1.807, 2.05) is 36.4 Å². The number of ether oxygens (including phenoxy) is 3. The Balaban J connectivity index is 1.31. The summed E-state index contributed by atoms with van der Waals surface area (Å²) in [6.07, 6.45) is 1.38. The molecule has 0 aliphatic carbocycles. The van der Waals surface area contributed by atoms with E-state index in [4.69, 9.17) is 14.2 Å². The topological polar surface area (TPSA) is 71.6 Å². The Labute approximate surface area is 201 Å². The predicted octanol–water partition coefficient (Wildman–Crippen LogP) is 3.66. The van der Waals surface area contributed by atoms with Crippen LogP contribution in [-0.2, 0) is 4.74 Å². The number of hydrogen-bond donors (Lipinski definition) is 0. The number of piperazine rings is 1. The molecule has 2 fully saturated rings. The molecule has 2 amide bonds. The van der Waals surface area contributed by atoms with Crippen LogP contribution in [0.25, 0.3) is 0 Å². The van der Waals surface area contributed by atoms with Crippen LogP contribution in [0, 0.1) is 0 Å². The molecule has 2 heterocycles. The lowest BCUT2D eigenvalue weighted by Crippen LogP contribution is -2.54. The lowest BCUT2D eigenvalue weighted by Gasteiger charge is -2.41. The number of likely N-dealkylation sites (tertiary alicyclic amines) is 1. The summed E-state index contributed by atoms with van der Waals surface area (Å²) in [6.45, 7) is 4.85. The highest BCUT2D eigenvalue weighted by Crippen LogP contribution is 2.26. The molecule has 0 N–H and O–H groups in total. The van der Waals surface area contributed by atoms with Crippen molar-refractivity contribution < 1.29 is 23.8 Å². The van der Waals surface area contributed by atoms with E-state index in [9.17, 15) is 9.59 Å². The predicted molar refractivity (Wildman–Crippen MR) is 130 cm³/mol. The average molecular weight is 468 g/mol. The van der Waals surface area contributed by atoms with Gasteiger partial charge in [-0.05, 0) is 56.2 Å². The van der Waals surface area contributed by atoms with Crippen LogP contribution < -0.4 is 14.4 Å². The van der Waals surface area contributed by atoms with E-state index in [0.717, 1.165) is 30.8 Å². The molecular formula is C26H33N3O5. The smallest absolute Gasteiger partial charge is 0.409 e. The summed E-state index contributed by atoms with van der Waals surface area (Å²) < 4.78 is 16.3. The SMILES string of the molecule is COc1ccc(N2CCN(C(=O)OCC3CCCN3C(=O)c3ccccc3OC)CC2C)cc1. The first-order valence-corrected chi connectivity index (χ1v) is 11.8. The van der Waals surface area contributed by atoms with Crippen molar-refractivity contribution in [3.8, 4) is 11.5 Å². The molecule has 0 aromatic heterocycles. The molecule has 8 nitrogen and oxygen atoms in total. The Morgan fingerprint density at radius 3 is 2.44 bits per heavy atom. The summed E-state index contributed by atoms with van der Waals surface area (Å²) in [4.78, 5) is 31.8. The second-order valence-corrected chi connectivity index (χ2v) is 8.76. The highest BCUT2D eigenvalue weighted by atomic mass is 16.6. The fourth-order valence-corrected chi connectivity index (χ4v) is 4.79. The third kappa shape index (κ3) is 5.05. The molecule has 4 rings (SSSR count). The Bertz CT molecular complexity index is 996. The van der Waals surface area contributed by atoms with Crippen molar-refractivity contribution in [2.45, 2.75) is 31.8 Å². The number of amides is 2. The quantitative estimate of drug-likeness (QED) is 0.646. The summed E-state index contributed by atoms with van der Waals surface area (Å²) in [5.41, 5.74) is 1.64. The van der Waals surface area contributed by atoms with Crippen molar-refractivity contribution in [2.24, 2.45) is 0 Å². The fourth-order valence-electron chi connectivity index (χ4n) is 4.79. The first-order chi connectivity index (χ1) is 16.5. The molecular weight excluding hydrogens is 434 g/mol.